The van der Waals surface area contributed by atoms with Gasteiger partial charge in [-0.3, -0.25) is 4.79 Å². The number of nitrogens with zero attached hydrogens (tertiary/aromatic N) is 1. The molecule has 2 aliphatic rings. The van der Waals surface area contributed by atoms with Crippen LogP contribution in [0.15, 0.2) is 42.5 Å². The summed E-state index contributed by atoms with van der Waals surface area (Å²) >= 11 is 1.40. The molecule has 0 bridgehead atoms. The Balaban J connectivity index is 1.48. The molecular formula is C19H19N3O4S. The Hall–Kier alpha value is -2.74. The molecule has 3 atom stereocenters. The molecule has 2 aromatic carbocycles. The zero-order valence-corrected chi connectivity index (χ0v) is 15.6. The summed E-state index contributed by atoms with van der Waals surface area (Å²) in [5, 5.41) is 16.5. The van der Waals surface area contributed by atoms with Crippen molar-refractivity contribution in [2.45, 2.75) is 36.1 Å². The summed E-state index contributed by atoms with van der Waals surface area (Å²) in [5.41, 5.74) is 0.650. The van der Waals surface area contributed by atoms with Crippen LogP contribution in [0, 0.1) is 0 Å². The van der Waals surface area contributed by atoms with Gasteiger partial charge in [0.1, 0.15) is 17.5 Å². The molecule has 2 fully saturated rings. The molecule has 2 heterocycles. The average Bonchev–Trinajstić information content (AvgIpc) is 2.88. The minimum absolute atomic E-state index is 0.362. The molecule has 2 aliphatic heterocycles. The van der Waals surface area contributed by atoms with Crippen molar-refractivity contribution in [2.24, 2.45) is 0 Å². The van der Waals surface area contributed by atoms with Gasteiger partial charge in [-0.1, -0.05) is 36.4 Å². The number of urea groups is 1. The zero-order chi connectivity index (χ0) is 19.3. The van der Waals surface area contributed by atoms with Crippen molar-refractivity contribution >= 4 is 46.1 Å². The monoisotopic (exact) mass is 385 g/mol. The molecule has 0 unspecified atom stereocenters. The number of rotatable bonds is 3. The summed E-state index contributed by atoms with van der Waals surface area (Å²) in [6.45, 7) is 3.60. The maximum absolute atomic E-state index is 12.5. The lowest BCUT2D eigenvalue weighted by Crippen LogP contribution is -2.70. The highest BCUT2D eigenvalue weighted by atomic mass is 32.2. The molecule has 0 aliphatic carbocycles. The van der Waals surface area contributed by atoms with Crippen LogP contribution in [0.4, 0.5) is 10.5 Å². The largest absolute Gasteiger partial charge is 0.480 e. The van der Waals surface area contributed by atoms with Gasteiger partial charge in [0, 0.05) is 10.1 Å². The fourth-order valence-corrected chi connectivity index (χ4v) is 5.40. The lowest BCUT2D eigenvalue weighted by molar-refractivity contribution is -0.159. The molecule has 3 N–H and O–H groups in total. The van der Waals surface area contributed by atoms with E-state index in [-0.39, 0.29) is 11.3 Å². The van der Waals surface area contributed by atoms with E-state index in [0.717, 1.165) is 10.8 Å². The van der Waals surface area contributed by atoms with Crippen LogP contribution in [0.5, 0.6) is 0 Å². The Bertz CT molecular complexity index is 956. The molecule has 3 amide bonds. The number of thioether (sulfide) groups is 1. The van der Waals surface area contributed by atoms with E-state index in [4.69, 9.17) is 0 Å². The van der Waals surface area contributed by atoms with E-state index >= 15 is 0 Å². The minimum atomic E-state index is -1.03. The standard InChI is InChI=1S/C19H19N3O4S/c1-19(2)14(17(24)25)22-15(23)13(16(22)27-19)21-18(26)20-12-9-5-7-10-6-3-4-8-11(10)12/h3-9,13-14,16H,1-2H3,(H,24,25)(H2,20,21,26)/t13-,14-,16+/m0/s1. The molecule has 0 aromatic heterocycles. The van der Waals surface area contributed by atoms with Crippen molar-refractivity contribution in [1.29, 1.82) is 0 Å². The number of anilines is 1. The van der Waals surface area contributed by atoms with Crippen molar-refractivity contribution in [3.8, 4) is 0 Å². The predicted molar refractivity (Wildman–Crippen MR) is 104 cm³/mol. The third-order valence-corrected chi connectivity index (χ3v) is 6.57. The highest BCUT2D eigenvalue weighted by Gasteiger charge is 2.64. The van der Waals surface area contributed by atoms with Crippen LogP contribution in [0.1, 0.15) is 13.8 Å². The minimum Gasteiger partial charge on any atom is -0.480 e. The number of aliphatic carboxylic acids is 1. The Morgan fingerprint density at radius 3 is 2.59 bits per heavy atom. The number of hydrogen-bond donors (Lipinski definition) is 3. The fourth-order valence-electron chi connectivity index (χ4n) is 3.78. The topological polar surface area (TPSA) is 98.7 Å². The van der Waals surface area contributed by atoms with Gasteiger partial charge in [0.2, 0.25) is 5.91 Å². The van der Waals surface area contributed by atoms with Gasteiger partial charge in [0.05, 0.1) is 5.69 Å². The number of fused-ring (bicyclic) bond motifs is 2. The number of benzene rings is 2. The van der Waals surface area contributed by atoms with E-state index < -0.39 is 28.8 Å². The second-order valence-corrected chi connectivity index (χ2v) is 8.97. The third-order valence-electron chi connectivity index (χ3n) is 5.00. The lowest BCUT2D eigenvalue weighted by Gasteiger charge is -2.43. The van der Waals surface area contributed by atoms with Crippen LogP contribution in [0.25, 0.3) is 10.8 Å². The third kappa shape index (κ3) is 2.80. The first-order valence-corrected chi connectivity index (χ1v) is 9.45. The van der Waals surface area contributed by atoms with Gasteiger partial charge >= 0.3 is 12.0 Å². The van der Waals surface area contributed by atoms with Gasteiger partial charge < -0.3 is 20.6 Å². The molecule has 2 aromatic rings. The zero-order valence-electron chi connectivity index (χ0n) is 14.8. The Morgan fingerprint density at radius 2 is 1.85 bits per heavy atom. The molecule has 4 rings (SSSR count). The van der Waals surface area contributed by atoms with E-state index in [9.17, 15) is 19.5 Å². The summed E-state index contributed by atoms with van der Waals surface area (Å²) in [6, 6.07) is 11.2. The highest BCUT2D eigenvalue weighted by molar-refractivity contribution is 8.01. The van der Waals surface area contributed by atoms with E-state index in [1.54, 1.807) is 19.9 Å². The van der Waals surface area contributed by atoms with Crippen molar-refractivity contribution in [3.05, 3.63) is 42.5 Å². The van der Waals surface area contributed by atoms with Gasteiger partial charge in [-0.2, -0.15) is 0 Å². The molecule has 140 valence electrons. The molecular weight excluding hydrogens is 366 g/mol. The Labute approximate surface area is 160 Å². The maximum atomic E-state index is 12.5. The normalized spacial score (nSPS) is 25.6. The molecule has 27 heavy (non-hydrogen) atoms. The SMILES string of the molecule is CC1(C)S[C@@H]2[C@@H](NC(=O)Nc3cccc4ccccc34)C(=O)N2[C@H]1C(=O)O. The van der Waals surface area contributed by atoms with Crippen molar-refractivity contribution in [2.75, 3.05) is 5.32 Å². The van der Waals surface area contributed by atoms with E-state index in [0.29, 0.717) is 5.69 Å². The molecule has 7 nitrogen and oxygen atoms in total. The number of hydrogen-bond acceptors (Lipinski definition) is 4. The summed E-state index contributed by atoms with van der Waals surface area (Å²) in [6.07, 6.45) is 0. The second kappa shape index (κ2) is 6.16. The number of carbonyl (C=O) groups is 3. The van der Waals surface area contributed by atoms with Gasteiger partial charge in [-0.15, -0.1) is 11.8 Å². The lowest BCUT2D eigenvalue weighted by atomic mass is 9.96. The number of carboxylic acids is 1. The smallest absolute Gasteiger partial charge is 0.327 e. The van der Waals surface area contributed by atoms with Crippen LogP contribution in [-0.4, -0.2) is 50.1 Å². The predicted octanol–water partition coefficient (Wildman–Crippen LogP) is 2.48. The van der Waals surface area contributed by atoms with Gasteiger partial charge in [0.15, 0.2) is 0 Å². The first-order valence-electron chi connectivity index (χ1n) is 8.58. The van der Waals surface area contributed by atoms with E-state index in [1.807, 2.05) is 36.4 Å². The van der Waals surface area contributed by atoms with Crippen LogP contribution >= 0.6 is 11.8 Å². The average molecular weight is 385 g/mol. The summed E-state index contributed by atoms with van der Waals surface area (Å²) in [5.74, 6) is -1.39. The molecule has 0 saturated carbocycles. The molecule has 2 saturated heterocycles. The number of nitrogens with one attached hydrogen (secondary N) is 2. The van der Waals surface area contributed by atoms with Gasteiger partial charge in [-0.05, 0) is 25.3 Å². The van der Waals surface area contributed by atoms with E-state index in [2.05, 4.69) is 10.6 Å². The summed E-state index contributed by atoms with van der Waals surface area (Å²) in [7, 11) is 0. The van der Waals surface area contributed by atoms with Crippen molar-refractivity contribution in [1.82, 2.24) is 10.2 Å². The molecule has 0 radical (unpaired) electrons. The highest BCUT2D eigenvalue weighted by Crippen LogP contribution is 2.50. The van der Waals surface area contributed by atoms with Gasteiger partial charge in [0.25, 0.3) is 0 Å². The van der Waals surface area contributed by atoms with Crippen LogP contribution in [0.3, 0.4) is 0 Å². The maximum Gasteiger partial charge on any atom is 0.327 e. The first-order chi connectivity index (χ1) is 12.8. The number of carboxylic acid groups (broad SMARTS) is 1. The summed E-state index contributed by atoms with van der Waals surface area (Å²) in [4.78, 5) is 37.8. The number of carbonyl (C=O) groups excluding carboxylic acids is 2. The Morgan fingerprint density at radius 1 is 1.15 bits per heavy atom. The van der Waals surface area contributed by atoms with Crippen molar-refractivity contribution < 1.29 is 19.5 Å². The second-order valence-electron chi connectivity index (χ2n) is 7.20. The Kier molecular flexibility index (Phi) is 4.03. The number of β-lactam (4-membered cyclic amide) rings is 1. The van der Waals surface area contributed by atoms with E-state index in [1.165, 1.54) is 16.7 Å². The van der Waals surface area contributed by atoms with Crippen LogP contribution < -0.4 is 10.6 Å². The van der Waals surface area contributed by atoms with Crippen molar-refractivity contribution in [3.63, 3.8) is 0 Å². The molecule has 8 heteroatoms. The fraction of sp³-hybridized carbons (Fsp3) is 0.316. The van der Waals surface area contributed by atoms with Crippen LogP contribution in [-0.2, 0) is 9.59 Å². The first kappa shape index (κ1) is 17.7. The molecule has 0 spiro atoms. The summed E-state index contributed by atoms with van der Waals surface area (Å²) < 4.78 is -0.616. The van der Waals surface area contributed by atoms with Gasteiger partial charge in [-0.25, -0.2) is 9.59 Å². The quantitative estimate of drug-likeness (QED) is 0.705. The number of amides is 3. The van der Waals surface area contributed by atoms with Crippen LogP contribution in [0.2, 0.25) is 0 Å².